The van der Waals surface area contributed by atoms with Crippen molar-refractivity contribution in [2.24, 2.45) is 0 Å². The Labute approximate surface area is 282 Å². The van der Waals surface area contributed by atoms with E-state index in [4.69, 9.17) is 14.2 Å². The largest absolute Gasteiger partial charge is 0.457 e. The second-order valence-electron chi connectivity index (χ2n) is 12.3. The lowest BCUT2D eigenvalue weighted by Gasteiger charge is -2.25. The van der Waals surface area contributed by atoms with Gasteiger partial charge < -0.3 is 29.3 Å². The fraction of sp³-hybridized carbons (Fsp3) is 0.389. The number of benzene rings is 2. The molecule has 0 saturated carbocycles. The third-order valence-corrected chi connectivity index (χ3v) is 7.39. The van der Waals surface area contributed by atoms with Crippen LogP contribution in [0.5, 0.6) is 0 Å². The van der Waals surface area contributed by atoms with E-state index in [-0.39, 0.29) is 24.2 Å². The molecule has 0 aliphatic carbocycles. The molecule has 48 heavy (non-hydrogen) atoms. The minimum atomic E-state index is -0.670. The Balaban J connectivity index is 1.37. The van der Waals surface area contributed by atoms with E-state index in [0.717, 1.165) is 37.2 Å². The number of urea groups is 1. The third kappa shape index (κ3) is 11.3. The van der Waals surface area contributed by atoms with Gasteiger partial charge >= 0.3 is 12.1 Å². The molecule has 1 unspecified atom stereocenters. The summed E-state index contributed by atoms with van der Waals surface area (Å²) in [6.07, 6.45) is 3.16. The van der Waals surface area contributed by atoms with Crippen molar-refractivity contribution in [1.82, 2.24) is 20.1 Å². The molecule has 1 atom stereocenters. The van der Waals surface area contributed by atoms with Crippen LogP contribution in [0.3, 0.4) is 0 Å². The van der Waals surface area contributed by atoms with Crippen LogP contribution < -0.4 is 16.0 Å². The number of anilines is 2. The summed E-state index contributed by atoms with van der Waals surface area (Å²) >= 11 is 0. The van der Waals surface area contributed by atoms with Gasteiger partial charge in [-0.1, -0.05) is 62.4 Å². The molecule has 3 aromatic rings. The number of hydrogen-bond donors (Lipinski definition) is 3. The van der Waals surface area contributed by atoms with E-state index in [1.54, 1.807) is 68.3 Å². The summed E-state index contributed by atoms with van der Waals surface area (Å²) < 4.78 is 16.8. The Morgan fingerprint density at radius 3 is 2.19 bits per heavy atom. The predicted octanol–water partition coefficient (Wildman–Crippen LogP) is 6.34. The summed E-state index contributed by atoms with van der Waals surface area (Å²) in [5.74, 6) is -0.203. The minimum absolute atomic E-state index is 0.175. The van der Waals surface area contributed by atoms with Crippen molar-refractivity contribution in [2.75, 3.05) is 36.8 Å². The van der Waals surface area contributed by atoms with Gasteiger partial charge in [-0.2, -0.15) is 0 Å². The number of aromatic nitrogens is 1. The summed E-state index contributed by atoms with van der Waals surface area (Å²) in [5, 5.41) is 8.30. The van der Waals surface area contributed by atoms with Crippen molar-refractivity contribution in [3.63, 3.8) is 0 Å². The van der Waals surface area contributed by atoms with E-state index < -0.39 is 23.9 Å². The van der Waals surface area contributed by atoms with Gasteiger partial charge in [0, 0.05) is 25.7 Å². The smallest absolute Gasteiger partial charge is 0.412 e. The van der Waals surface area contributed by atoms with Gasteiger partial charge in [0.1, 0.15) is 17.6 Å². The molecule has 12 heteroatoms. The molecule has 0 radical (unpaired) electrons. The number of carbonyl (C=O) groups excluding carboxylic acids is 3. The van der Waals surface area contributed by atoms with E-state index in [1.165, 1.54) is 6.26 Å². The molecule has 3 N–H and O–H groups in total. The number of amides is 4. The third-order valence-electron chi connectivity index (χ3n) is 7.39. The Bertz CT molecular complexity index is 1540. The van der Waals surface area contributed by atoms with Crippen molar-refractivity contribution in [3.05, 3.63) is 102 Å². The van der Waals surface area contributed by atoms with E-state index in [1.807, 2.05) is 30.3 Å². The second kappa shape index (κ2) is 17.2. The van der Waals surface area contributed by atoms with Crippen LogP contribution in [-0.2, 0) is 27.2 Å². The van der Waals surface area contributed by atoms with Crippen molar-refractivity contribution in [2.45, 2.75) is 65.9 Å². The van der Waals surface area contributed by atoms with Crippen LogP contribution in [0.15, 0.2) is 85.1 Å². The molecule has 4 amide bonds. The SMILES string of the molecule is CCN(CC)CCCN(Cc1ccc(C(=O)Nc2ccccc2NC(=O)OC(C)(C)C)nc1)C(=O)NC1=COC(Cc2ccccc2)O1. The first-order chi connectivity index (χ1) is 23.0. The molecule has 1 aliphatic rings. The Morgan fingerprint density at radius 2 is 1.54 bits per heavy atom. The first-order valence-corrected chi connectivity index (χ1v) is 16.2. The van der Waals surface area contributed by atoms with Crippen LogP contribution in [0, 0.1) is 0 Å². The first kappa shape index (κ1) is 35.7. The van der Waals surface area contributed by atoms with Gasteiger partial charge in [-0.3, -0.25) is 20.4 Å². The van der Waals surface area contributed by atoms with Gasteiger partial charge in [0.25, 0.3) is 5.91 Å². The number of pyridine rings is 1. The highest BCUT2D eigenvalue weighted by molar-refractivity contribution is 6.05. The lowest BCUT2D eigenvalue weighted by molar-refractivity contribution is -0.0330. The van der Waals surface area contributed by atoms with Gasteiger partial charge in [-0.15, -0.1) is 0 Å². The number of hydrogen-bond acceptors (Lipinski definition) is 8. The van der Waals surface area contributed by atoms with Crippen LogP contribution in [0.2, 0.25) is 0 Å². The summed E-state index contributed by atoms with van der Waals surface area (Å²) in [7, 11) is 0. The van der Waals surface area contributed by atoms with E-state index >= 15 is 0 Å². The number of carbonyl (C=O) groups is 3. The predicted molar refractivity (Wildman–Crippen MR) is 184 cm³/mol. The summed E-state index contributed by atoms with van der Waals surface area (Å²) in [5.41, 5.74) is 2.10. The van der Waals surface area contributed by atoms with Gasteiger partial charge in [0.2, 0.25) is 12.2 Å². The molecule has 0 saturated heterocycles. The number of rotatable bonds is 14. The average Bonchev–Trinajstić information content (AvgIpc) is 3.49. The lowest BCUT2D eigenvalue weighted by atomic mass is 10.1. The average molecular weight is 659 g/mol. The highest BCUT2D eigenvalue weighted by atomic mass is 16.7. The first-order valence-electron chi connectivity index (χ1n) is 16.2. The zero-order valence-electron chi connectivity index (χ0n) is 28.3. The number of nitrogens with one attached hydrogen (secondary N) is 3. The van der Waals surface area contributed by atoms with Crippen LogP contribution in [0.4, 0.5) is 21.0 Å². The van der Waals surface area contributed by atoms with Crippen molar-refractivity contribution >= 4 is 29.4 Å². The van der Waals surface area contributed by atoms with Gasteiger partial charge in [-0.25, -0.2) is 9.59 Å². The highest BCUT2D eigenvalue weighted by Gasteiger charge is 2.24. The maximum atomic E-state index is 13.4. The van der Waals surface area contributed by atoms with Crippen LogP contribution >= 0.6 is 0 Å². The maximum Gasteiger partial charge on any atom is 0.412 e. The molecule has 0 fully saturated rings. The Morgan fingerprint density at radius 1 is 0.854 bits per heavy atom. The number of nitrogens with zero attached hydrogens (tertiary/aromatic N) is 3. The quantitative estimate of drug-likeness (QED) is 0.183. The Hall–Kier alpha value is -5.10. The normalized spacial score (nSPS) is 14.0. The zero-order chi connectivity index (χ0) is 34.5. The molecular formula is C36H46N6O6. The van der Waals surface area contributed by atoms with Crippen molar-refractivity contribution < 1.29 is 28.6 Å². The molecule has 0 bridgehead atoms. The molecule has 0 spiro atoms. The Kier molecular flexibility index (Phi) is 12.8. The van der Waals surface area contributed by atoms with E-state index in [0.29, 0.717) is 24.3 Å². The molecular weight excluding hydrogens is 612 g/mol. The molecule has 4 rings (SSSR count). The summed E-state index contributed by atoms with van der Waals surface area (Å²) in [4.78, 5) is 47.2. The molecule has 1 aromatic heterocycles. The van der Waals surface area contributed by atoms with Crippen LogP contribution in [0.1, 0.15) is 62.7 Å². The highest BCUT2D eigenvalue weighted by Crippen LogP contribution is 2.23. The topological polar surface area (TPSA) is 134 Å². The van der Waals surface area contributed by atoms with E-state index in [9.17, 15) is 14.4 Å². The van der Waals surface area contributed by atoms with Gasteiger partial charge in [0.15, 0.2) is 0 Å². The van der Waals surface area contributed by atoms with Crippen LogP contribution in [-0.4, -0.2) is 70.9 Å². The molecule has 12 nitrogen and oxygen atoms in total. The monoisotopic (exact) mass is 658 g/mol. The summed E-state index contributed by atoms with van der Waals surface area (Å²) in [6.45, 7) is 13.0. The molecule has 256 valence electrons. The zero-order valence-corrected chi connectivity index (χ0v) is 28.3. The number of ether oxygens (including phenoxy) is 3. The lowest BCUT2D eigenvalue weighted by Crippen LogP contribution is -2.41. The summed E-state index contributed by atoms with van der Waals surface area (Å²) in [6, 6.07) is 19.7. The molecule has 2 aromatic carbocycles. The van der Waals surface area contributed by atoms with Gasteiger partial charge in [0.05, 0.1) is 11.4 Å². The minimum Gasteiger partial charge on any atom is -0.457 e. The molecule has 2 heterocycles. The van der Waals surface area contributed by atoms with Crippen molar-refractivity contribution in [1.29, 1.82) is 0 Å². The van der Waals surface area contributed by atoms with Crippen molar-refractivity contribution in [3.8, 4) is 0 Å². The van der Waals surface area contributed by atoms with Crippen LogP contribution in [0.25, 0.3) is 0 Å². The fourth-order valence-electron chi connectivity index (χ4n) is 4.93. The number of para-hydroxylation sites is 2. The second-order valence-corrected chi connectivity index (χ2v) is 12.3. The maximum absolute atomic E-state index is 13.4. The van der Waals surface area contributed by atoms with E-state index in [2.05, 4.69) is 39.7 Å². The molecule has 1 aliphatic heterocycles. The standard InChI is InChI=1S/C36H46N6O6/c1-6-41(7-2)20-13-21-42(34(44)40-31-25-46-32(47-31)22-26-14-9-8-10-15-26)24-27-18-19-30(37-23-27)33(43)38-28-16-11-12-17-29(28)39-35(45)48-36(3,4)5/h8-12,14-19,23,25,32H,6-7,13,20-22,24H2,1-5H3,(H,38,43)(H,39,45)(H,40,44). The van der Waals surface area contributed by atoms with Gasteiger partial charge in [-0.05, 0) is 76.2 Å². The fourth-order valence-corrected chi connectivity index (χ4v) is 4.93.